The number of halogens is 1. The topological polar surface area (TPSA) is 77.6 Å². The number of fused-ring (bicyclic) bond motifs is 1. The molecule has 0 radical (unpaired) electrons. The van der Waals surface area contributed by atoms with Gasteiger partial charge < -0.3 is 20.3 Å². The van der Waals surface area contributed by atoms with Crippen LogP contribution in [0.25, 0.3) is 11.3 Å². The number of benzene rings is 1. The number of aromatic nitrogens is 1. The van der Waals surface area contributed by atoms with Gasteiger partial charge in [0.1, 0.15) is 0 Å². The van der Waals surface area contributed by atoms with Gasteiger partial charge in [-0.1, -0.05) is 6.07 Å². The molecular formula is C15H17ClN2O3. The molecule has 3 rings (SSSR count). The number of nitrogens with two attached hydrogens (primary N) is 1. The zero-order chi connectivity index (χ0) is 13.9. The Hall–Kier alpha value is -1.82. The summed E-state index contributed by atoms with van der Waals surface area (Å²) < 4.78 is 10.7. The van der Waals surface area contributed by atoms with E-state index in [1.165, 1.54) is 0 Å². The van der Waals surface area contributed by atoms with Gasteiger partial charge in [-0.05, 0) is 30.3 Å². The van der Waals surface area contributed by atoms with Crippen LogP contribution in [0.1, 0.15) is 5.69 Å². The SMILES string of the molecule is Cl.NC(CO)Cc1cccc(-c2ccc3c(c2)OCO3)n1. The molecule has 1 unspecified atom stereocenters. The van der Waals surface area contributed by atoms with E-state index in [1.54, 1.807) is 0 Å². The monoisotopic (exact) mass is 308 g/mol. The molecule has 5 nitrogen and oxygen atoms in total. The van der Waals surface area contributed by atoms with Crippen molar-refractivity contribution < 1.29 is 14.6 Å². The zero-order valence-electron chi connectivity index (χ0n) is 11.4. The number of aliphatic hydroxyl groups excluding tert-OH is 1. The van der Waals surface area contributed by atoms with Gasteiger partial charge in [0.05, 0.1) is 12.3 Å². The van der Waals surface area contributed by atoms with E-state index in [-0.39, 0.29) is 31.8 Å². The molecule has 21 heavy (non-hydrogen) atoms. The van der Waals surface area contributed by atoms with Crippen LogP contribution in [-0.4, -0.2) is 29.5 Å². The van der Waals surface area contributed by atoms with Crippen LogP contribution in [0, 0.1) is 0 Å². The molecule has 1 aliphatic rings. The highest BCUT2D eigenvalue weighted by Gasteiger charge is 2.14. The van der Waals surface area contributed by atoms with Crippen molar-refractivity contribution in [1.29, 1.82) is 0 Å². The molecule has 6 heteroatoms. The van der Waals surface area contributed by atoms with Crippen LogP contribution in [-0.2, 0) is 6.42 Å². The molecule has 0 fully saturated rings. The highest BCUT2D eigenvalue weighted by atomic mass is 35.5. The van der Waals surface area contributed by atoms with Crippen LogP contribution in [0.15, 0.2) is 36.4 Å². The summed E-state index contributed by atoms with van der Waals surface area (Å²) in [6.07, 6.45) is 0.550. The lowest BCUT2D eigenvalue weighted by Gasteiger charge is -2.09. The van der Waals surface area contributed by atoms with Gasteiger partial charge in [0.2, 0.25) is 6.79 Å². The van der Waals surface area contributed by atoms with Crippen molar-refractivity contribution >= 4 is 12.4 Å². The summed E-state index contributed by atoms with van der Waals surface area (Å²) >= 11 is 0. The Labute approximate surface area is 129 Å². The first-order valence-corrected chi connectivity index (χ1v) is 6.48. The average Bonchev–Trinajstić information content (AvgIpc) is 2.94. The van der Waals surface area contributed by atoms with Crippen molar-refractivity contribution in [3.05, 3.63) is 42.1 Å². The number of hydrogen-bond acceptors (Lipinski definition) is 5. The van der Waals surface area contributed by atoms with Gasteiger partial charge in [0.25, 0.3) is 0 Å². The predicted molar refractivity (Wildman–Crippen MR) is 81.8 cm³/mol. The molecule has 112 valence electrons. The molecule has 1 aliphatic heterocycles. The quantitative estimate of drug-likeness (QED) is 0.900. The maximum absolute atomic E-state index is 9.01. The summed E-state index contributed by atoms with van der Waals surface area (Å²) in [5.74, 6) is 1.49. The number of hydrogen-bond donors (Lipinski definition) is 2. The molecule has 3 N–H and O–H groups in total. The van der Waals surface area contributed by atoms with E-state index in [1.807, 2.05) is 36.4 Å². The highest BCUT2D eigenvalue weighted by molar-refractivity contribution is 5.85. The summed E-state index contributed by atoms with van der Waals surface area (Å²) in [5, 5.41) is 9.01. The van der Waals surface area contributed by atoms with Gasteiger partial charge in [-0.15, -0.1) is 12.4 Å². The second kappa shape index (κ2) is 6.76. The Bertz CT molecular complexity index is 622. The van der Waals surface area contributed by atoms with Gasteiger partial charge in [-0.25, -0.2) is 0 Å². The van der Waals surface area contributed by atoms with Gasteiger partial charge >= 0.3 is 0 Å². The first kappa shape index (κ1) is 15.6. The lowest BCUT2D eigenvalue weighted by molar-refractivity contribution is 0.174. The zero-order valence-corrected chi connectivity index (χ0v) is 12.2. The Morgan fingerprint density at radius 1 is 1.19 bits per heavy atom. The first-order valence-electron chi connectivity index (χ1n) is 6.48. The van der Waals surface area contributed by atoms with Crippen molar-refractivity contribution in [2.24, 2.45) is 5.73 Å². The molecule has 0 bridgehead atoms. The van der Waals surface area contributed by atoms with Crippen LogP contribution in [0.5, 0.6) is 11.5 Å². The maximum atomic E-state index is 9.01. The predicted octanol–water partition coefficient (Wildman–Crippen LogP) is 1.76. The van der Waals surface area contributed by atoms with E-state index in [0.29, 0.717) is 6.42 Å². The van der Waals surface area contributed by atoms with E-state index in [2.05, 4.69) is 4.98 Å². The molecule has 2 heterocycles. The number of rotatable bonds is 4. The van der Waals surface area contributed by atoms with E-state index >= 15 is 0 Å². The normalized spacial score (nSPS) is 13.6. The maximum Gasteiger partial charge on any atom is 0.231 e. The Balaban J connectivity index is 0.00000161. The second-order valence-corrected chi connectivity index (χ2v) is 4.73. The third-order valence-corrected chi connectivity index (χ3v) is 3.18. The fourth-order valence-electron chi connectivity index (χ4n) is 2.14. The van der Waals surface area contributed by atoms with Gasteiger partial charge in [0, 0.05) is 23.7 Å². The van der Waals surface area contributed by atoms with Gasteiger partial charge in [-0.2, -0.15) is 0 Å². The summed E-state index contributed by atoms with van der Waals surface area (Å²) in [7, 11) is 0. The molecule has 1 aromatic heterocycles. The molecule has 0 saturated carbocycles. The van der Waals surface area contributed by atoms with Crippen molar-refractivity contribution in [2.45, 2.75) is 12.5 Å². The van der Waals surface area contributed by atoms with Crippen molar-refractivity contribution in [3.8, 4) is 22.8 Å². The molecule has 0 aliphatic carbocycles. The summed E-state index contributed by atoms with van der Waals surface area (Å²) in [5.41, 5.74) is 8.42. The number of nitrogens with zero attached hydrogens (tertiary/aromatic N) is 1. The minimum atomic E-state index is -0.283. The lowest BCUT2D eigenvalue weighted by Crippen LogP contribution is -2.27. The minimum Gasteiger partial charge on any atom is -0.454 e. The van der Waals surface area contributed by atoms with E-state index in [4.69, 9.17) is 20.3 Å². The van der Waals surface area contributed by atoms with Gasteiger partial charge in [-0.3, -0.25) is 4.98 Å². The third kappa shape index (κ3) is 3.44. The molecule has 2 aromatic rings. The summed E-state index contributed by atoms with van der Waals surface area (Å²) in [4.78, 5) is 4.57. The van der Waals surface area contributed by atoms with Crippen LogP contribution in [0.4, 0.5) is 0 Å². The molecule has 1 atom stereocenters. The standard InChI is InChI=1S/C15H16N2O3.ClH/c16-11(8-18)7-12-2-1-3-13(17-12)10-4-5-14-15(6-10)20-9-19-14;/h1-6,11,18H,7-9,16H2;1H. The highest BCUT2D eigenvalue weighted by Crippen LogP contribution is 2.35. The van der Waals surface area contributed by atoms with Crippen LogP contribution >= 0.6 is 12.4 Å². The van der Waals surface area contributed by atoms with E-state index in [0.717, 1.165) is 28.5 Å². The van der Waals surface area contributed by atoms with Crippen molar-refractivity contribution in [2.75, 3.05) is 13.4 Å². The molecule has 0 spiro atoms. The van der Waals surface area contributed by atoms with Crippen LogP contribution in [0.2, 0.25) is 0 Å². The second-order valence-electron chi connectivity index (χ2n) is 4.73. The number of pyridine rings is 1. The minimum absolute atomic E-state index is 0. The van der Waals surface area contributed by atoms with E-state index in [9.17, 15) is 0 Å². The average molecular weight is 309 g/mol. The molecule has 0 saturated heterocycles. The summed E-state index contributed by atoms with van der Waals surface area (Å²) in [6, 6.07) is 11.2. The molecule has 0 amide bonds. The number of aliphatic hydroxyl groups is 1. The van der Waals surface area contributed by atoms with Crippen LogP contribution < -0.4 is 15.2 Å². The Kier molecular flexibility index (Phi) is 5.01. The van der Waals surface area contributed by atoms with E-state index < -0.39 is 0 Å². The smallest absolute Gasteiger partial charge is 0.231 e. The summed E-state index contributed by atoms with van der Waals surface area (Å²) in [6.45, 7) is 0.216. The van der Waals surface area contributed by atoms with Gasteiger partial charge in [0.15, 0.2) is 11.5 Å². The van der Waals surface area contributed by atoms with Crippen molar-refractivity contribution in [1.82, 2.24) is 4.98 Å². The third-order valence-electron chi connectivity index (χ3n) is 3.18. The van der Waals surface area contributed by atoms with Crippen LogP contribution in [0.3, 0.4) is 0 Å². The number of ether oxygens (including phenoxy) is 2. The van der Waals surface area contributed by atoms with Crippen molar-refractivity contribution in [3.63, 3.8) is 0 Å². The fraction of sp³-hybridized carbons (Fsp3) is 0.267. The Morgan fingerprint density at radius 2 is 2.00 bits per heavy atom. The molecule has 1 aromatic carbocycles. The first-order chi connectivity index (χ1) is 9.76. The molecular weight excluding hydrogens is 292 g/mol. The largest absolute Gasteiger partial charge is 0.454 e. The Morgan fingerprint density at radius 3 is 2.81 bits per heavy atom. The lowest BCUT2D eigenvalue weighted by atomic mass is 10.1. The fourth-order valence-corrected chi connectivity index (χ4v) is 2.14.